The minimum Gasteiger partial charge on any atom is -0.476 e. The first-order valence-corrected chi connectivity index (χ1v) is 6.70. The van der Waals surface area contributed by atoms with Crippen LogP contribution in [-0.4, -0.2) is 49.8 Å². The van der Waals surface area contributed by atoms with Crippen LogP contribution in [0.3, 0.4) is 0 Å². The van der Waals surface area contributed by atoms with Crippen molar-refractivity contribution >= 4 is 17.8 Å². The summed E-state index contributed by atoms with van der Waals surface area (Å²) in [5.74, 6) is -3.57. The van der Waals surface area contributed by atoms with Crippen LogP contribution >= 0.6 is 0 Å². The zero-order chi connectivity index (χ0) is 18.9. The van der Waals surface area contributed by atoms with Gasteiger partial charge in [-0.3, -0.25) is 4.98 Å². The second-order valence-corrected chi connectivity index (χ2v) is 4.36. The topological polar surface area (TPSA) is 125 Å². The quantitative estimate of drug-likeness (QED) is 0.739. The highest BCUT2D eigenvalue weighted by Gasteiger charge is 2.38. The molecule has 2 rings (SSSR count). The fraction of sp³-hybridized carbons (Fsp3) is 0.214. The van der Waals surface area contributed by atoms with Gasteiger partial charge in [-0.1, -0.05) is 6.07 Å². The van der Waals surface area contributed by atoms with Gasteiger partial charge in [0.15, 0.2) is 11.5 Å². The fourth-order valence-corrected chi connectivity index (χ4v) is 1.48. The summed E-state index contributed by atoms with van der Waals surface area (Å²) in [5, 5.41) is 19.0. The number of anilines is 1. The second-order valence-electron chi connectivity index (χ2n) is 4.36. The molecule has 0 aliphatic rings. The summed E-state index contributed by atoms with van der Waals surface area (Å²) >= 11 is 0. The Hall–Kier alpha value is -3.24. The largest absolute Gasteiger partial charge is 0.490 e. The summed E-state index contributed by atoms with van der Waals surface area (Å²) in [4.78, 5) is 31.7. The Balaban J connectivity index is 0.000000381. The van der Waals surface area contributed by atoms with E-state index in [-0.39, 0.29) is 11.5 Å². The standard InChI is InChI=1S/C12H12N4O2.C2HF3O2/c17-12(18)10-11(16-8-7-14-10)15-6-4-9-3-1-2-5-13-9;3-2(4,5)1(6)7/h1-3,5,7-8H,4,6H2,(H,15,16)(H,17,18);(H,6,7). The summed E-state index contributed by atoms with van der Waals surface area (Å²) in [6.07, 6.45) is 0.139. The third-order valence-electron chi connectivity index (χ3n) is 2.54. The van der Waals surface area contributed by atoms with E-state index >= 15 is 0 Å². The van der Waals surface area contributed by atoms with Crippen LogP contribution in [0.2, 0.25) is 0 Å². The lowest BCUT2D eigenvalue weighted by Gasteiger charge is -2.06. The molecule has 8 nitrogen and oxygen atoms in total. The molecule has 2 aromatic heterocycles. The Morgan fingerprint density at radius 1 is 1.04 bits per heavy atom. The third-order valence-corrected chi connectivity index (χ3v) is 2.54. The highest BCUT2D eigenvalue weighted by Crippen LogP contribution is 2.13. The number of nitrogens with zero attached hydrogens (tertiary/aromatic N) is 3. The van der Waals surface area contributed by atoms with Crippen molar-refractivity contribution in [3.8, 4) is 0 Å². The Morgan fingerprint density at radius 2 is 1.68 bits per heavy atom. The highest BCUT2D eigenvalue weighted by molar-refractivity contribution is 5.90. The van der Waals surface area contributed by atoms with E-state index in [1.807, 2.05) is 18.2 Å². The molecule has 25 heavy (non-hydrogen) atoms. The molecule has 0 unspecified atom stereocenters. The molecule has 0 amide bonds. The van der Waals surface area contributed by atoms with Gasteiger partial charge in [-0.05, 0) is 12.1 Å². The van der Waals surface area contributed by atoms with Gasteiger partial charge in [-0.15, -0.1) is 0 Å². The zero-order valence-electron chi connectivity index (χ0n) is 12.6. The van der Waals surface area contributed by atoms with Crippen LogP contribution in [0.1, 0.15) is 16.2 Å². The van der Waals surface area contributed by atoms with E-state index in [1.54, 1.807) is 6.20 Å². The molecule has 2 aromatic rings. The van der Waals surface area contributed by atoms with Crippen molar-refractivity contribution < 1.29 is 33.0 Å². The van der Waals surface area contributed by atoms with Crippen molar-refractivity contribution in [2.75, 3.05) is 11.9 Å². The predicted molar refractivity (Wildman–Crippen MR) is 79.1 cm³/mol. The normalized spacial score (nSPS) is 10.4. The minimum atomic E-state index is -5.08. The number of rotatable bonds is 5. The van der Waals surface area contributed by atoms with Gasteiger partial charge in [-0.25, -0.2) is 19.6 Å². The van der Waals surface area contributed by atoms with Crippen molar-refractivity contribution in [3.05, 3.63) is 48.2 Å². The molecule has 11 heteroatoms. The summed E-state index contributed by atoms with van der Waals surface area (Å²) < 4.78 is 31.7. The molecule has 0 bridgehead atoms. The number of hydrogen-bond acceptors (Lipinski definition) is 6. The molecule has 0 radical (unpaired) electrons. The molecule has 134 valence electrons. The van der Waals surface area contributed by atoms with Gasteiger partial charge in [0.2, 0.25) is 0 Å². The summed E-state index contributed by atoms with van der Waals surface area (Å²) in [5.41, 5.74) is 0.865. The summed E-state index contributed by atoms with van der Waals surface area (Å²) in [7, 11) is 0. The van der Waals surface area contributed by atoms with Crippen molar-refractivity contribution in [1.82, 2.24) is 15.0 Å². The average Bonchev–Trinajstić information content (AvgIpc) is 2.56. The molecular weight excluding hydrogens is 345 g/mol. The third kappa shape index (κ3) is 7.24. The molecule has 0 spiro atoms. The van der Waals surface area contributed by atoms with Gasteiger partial charge >= 0.3 is 18.1 Å². The molecule has 0 aliphatic carbocycles. The van der Waals surface area contributed by atoms with E-state index in [0.717, 1.165) is 5.69 Å². The van der Waals surface area contributed by atoms with Gasteiger partial charge in [-0.2, -0.15) is 13.2 Å². The Bertz CT molecular complexity index is 711. The van der Waals surface area contributed by atoms with E-state index in [0.29, 0.717) is 13.0 Å². The van der Waals surface area contributed by atoms with Crippen molar-refractivity contribution in [3.63, 3.8) is 0 Å². The van der Waals surface area contributed by atoms with E-state index in [2.05, 4.69) is 20.3 Å². The fourth-order valence-electron chi connectivity index (χ4n) is 1.48. The van der Waals surface area contributed by atoms with Crippen LogP contribution in [0.25, 0.3) is 0 Å². The maximum absolute atomic E-state index is 10.9. The molecule has 0 fully saturated rings. The number of aliphatic carboxylic acids is 1. The lowest BCUT2D eigenvalue weighted by molar-refractivity contribution is -0.192. The number of halogens is 3. The Labute approximate surface area is 139 Å². The summed E-state index contributed by atoms with van der Waals surface area (Å²) in [6.45, 7) is 0.552. The monoisotopic (exact) mass is 358 g/mol. The van der Waals surface area contributed by atoms with E-state index in [4.69, 9.17) is 15.0 Å². The van der Waals surface area contributed by atoms with Crippen LogP contribution in [0, 0.1) is 0 Å². The number of alkyl halides is 3. The number of carboxylic acid groups (broad SMARTS) is 2. The van der Waals surface area contributed by atoms with Crippen molar-refractivity contribution in [1.29, 1.82) is 0 Å². The first-order chi connectivity index (χ1) is 11.7. The first-order valence-electron chi connectivity index (χ1n) is 6.70. The molecule has 0 saturated carbocycles. The van der Waals surface area contributed by atoms with Gasteiger partial charge in [0.25, 0.3) is 0 Å². The van der Waals surface area contributed by atoms with E-state index in [1.165, 1.54) is 12.4 Å². The molecule has 0 aromatic carbocycles. The van der Waals surface area contributed by atoms with Gasteiger partial charge in [0.05, 0.1) is 0 Å². The van der Waals surface area contributed by atoms with E-state index in [9.17, 15) is 18.0 Å². The average molecular weight is 358 g/mol. The van der Waals surface area contributed by atoms with Crippen LogP contribution in [0.15, 0.2) is 36.8 Å². The number of carbonyl (C=O) groups is 2. The smallest absolute Gasteiger partial charge is 0.476 e. The molecule has 3 N–H and O–H groups in total. The highest BCUT2D eigenvalue weighted by atomic mass is 19.4. The Morgan fingerprint density at radius 3 is 2.20 bits per heavy atom. The maximum atomic E-state index is 10.9. The summed E-state index contributed by atoms with van der Waals surface area (Å²) in [6, 6.07) is 5.67. The van der Waals surface area contributed by atoms with E-state index < -0.39 is 18.1 Å². The zero-order valence-corrected chi connectivity index (χ0v) is 12.6. The van der Waals surface area contributed by atoms with Gasteiger partial charge in [0.1, 0.15) is 0 Å². The number of hydrogen-bond donors (Lipinski definition) is 3. The van der Waals surface area contributed by atoms with Gasteiger partial charge < -0.3 is 15.5 Å². The lowest BCUT2D eigenvalue weighted by Crippen LogP contribution is -2.21. The molecule has 0 saturated heterocycles. The maximum Gasteiger partial charge on any atom is 0.490 e. The van der Waals surface area contributed by atoms with Crippen LogP contribution in [0.4, 0.5) is 19.0 Å². The number of nitrogens with one attached hydrogen (secondary N) is 1. The molecule has 2 heterocycles. The van der Waals surface area contributed by atoms with Crippen LogP contribution in [0.5, 0.6) is 0 Å². The minimum absolute atomic E-state index is 0.0708. The molecule has 0 atom stereocenters. The van der Waals surface area contributed by atoms with Crippen molar-refractivity contribution in [2.24, 2.45) is 0 Å². The number of aromatic carboxylic acids is 1. The Kier molecular flexibility index (Phi) is 7.25. The second kappa shape index (κ2) is 9.15. The number of carboxylic acids is 2. The van der Waals surface area contributed by atoms with Crippen LogP contribution < -0.4 is 5.32 Å². The predicted octanol–water partition coefficient (Wildman–Crippen LogP) is 1.86. The van der Waals surface area contributed by atoms with Crippen LogP contribution in [-0.2, 0) is 11.2 Å². The number of pyridine rings is 1. The van der Waals surface area contributed by atoms with Gasteiger partial charge in [0, 0.05) is 37.3 Å². The molecular formula is C14H13F3N4O4. The number of aromatic nitrogens is 3. The first kappa shape index (κ1) is 19.8. The molecule has 0 aliphatic heterocycles. The van der Waals surface area contributed by atoms with Crippen molar-refractivity contribution in [2.45, 2.75) is 12.6 Å². The lowest BCUT2D eigenvalue weighted by atomic mass is 10.2. The SMILES string of the molecule is O=C(O)C(F)(F)F.O=C(O)c1nccnc1NCCc1ccccn1.